The highest BCUT2D eigenvalue weighted by Crippen LogP contribution is 2.30. The van der Waals surface area contributed by atoms with Gasteiger partial charge in [0.15, 0.2) is 6.10 Å². The maximum Gasteiger partial charge on any atom is 0.251 e. The van der Waals surface area contributed by atoms with Gasteiger partial charge < -0.3 is 20.3 Å². The van der Waals surface area contributed by atoms with E-state index in [0.29, 0.717) is 24.2 Å². The van der Waals surface area contributed by atoms with E-state index in [1.807, 2.05) is 25.1 Å². The number of nitrogens with one attached hydrogen (secondary N) is 2. The smallest absolute Gasteiger partial charge is 0.251 e. The van der Waals surface area contributed by atoms with Crippen molar-refractivity contribution in [3.8, 4) is 6.07 Å². The monoisotopic (exact) mass is 379 g/mol. The highest BCUT2D eigenvalue weighted by atomic mass is 16.5. The number of ether oxygens (including phenoxy) is 1. The molecule has 2 aromatic rings. The molecule has 7 nitrogen and oxygen atoms in total. The average Bonchev–Trinajstić information content (AvgIpc) is 2.73. The normalized spacial score (nSPS) is 23.4. The van der Waals surface area contributed by atoms with E-state index in [9.17, 15) is 10.1 Å². The third-order valence-corrected chi connectivity index (χ3v) is 5.45. The van der Waals surface area contributed by atoms with Crippen molar-refractivity contribution in [1.82, 2.24) is 15.6 Å². The summed E-state index contributed by atoms with van der Waals surface area (Å²) in [6, 6.07) is 10.0. The van der Waals surface area contributed by atoms with Crippen LogP contribution in [0.3, 0.4) is 0 Å². The van der Waals surface area contributed by atoms with Gasteiger partial charge in [0.25, 0.3) is 5.91 Å². The van der Waals surface area contributed by atoms with Crippen molar-refractivity contribution < 1.29 is 9.53 Å². The molecule has 3 heterocycles. The molecule has 0 aliphatic carbocycles. The second-order valence-corrected chi connectivity index (χ2v) is 7.52. The molecule has 2 N–H and O–H groups in total. The summed E-state index contributed by atoms with van der Waals surface area (Å²) in [6.45, 7) is 5.03. The highest BCUT2D eigenvalue weighted by Gasteiger charge is 2.32. The predicted octanol–water partition coefficient (Wildman–Crippen LogP) is 1.57. The first-order chi connectivity index (χ1) is 13.7. The third-order valence-electron chi connectivity index (χ3n) is 5.45. The minimum Gasteiger partial charge on any atom is -0.365 e. The van der Waals surface area contributed by atoms with Crippen LogP contribution >= 0.6 is 0 Å². The minimum absolute atomic E-state index is 0.0421. The number of anilines is 1. The molecular formula is C21H25N5O2. The van der Waals surface area contributed by atoms with E-state index >= 15 is 0 Å². The van der Waals surface area contributed by atoms with Crippen molar-refractivity contribution in [3.63, 3.8) is 0 Å². The van der Waals surface area contributed by atoms with Crippen molar-refractivity contribution in [2.45, 2.75) is 38.0 Å². The maximum atomic E-state index is 12.8. The molecule has 2 saturated heterocycles. The molecule has 1 amide bonds. The number of hydrogen-bond acceptors (Lipinski definition) is 6. The molecule has 2 unspecified atom stereocenters. The Hall–Kier alpha value is -2.69. The quantitative estimate of drug-likeness (QED) is 0.841. The van der Waals surface area contributed by atoms with Crippen LogP contribution in [-0.4, -0.2) is 55.3 Å². The van der Waals surface area contributed by atoms with Gasteiger partial charge >= 0.3 is 0 Å². The van der Waals surface area contributed by atoms with E-state index in [1.165, 1.54) is 0 Å². The largest absolute Gasteiger partial charge is 0.365 e. The fraction of sp³-hybridized carbons (Fsp3) is 0.476. The molecule has 1 aromatic heterocycles. The van der Waals surface area contributed by atoms with Crippen molar-refractivity contribution in [2.75, 3.05) is 31.1 Å². The first-order valence-corrected chi connectivity index (χ1v) is 9.85. The second-order valence-electron chi connectivity index (χ2n) is 7.52. The summed E-state index contributed by atoms with van der Waals surface area (Å²) >= 11 is 0. The molecule has 7 heteroatoms. The van der Waals surface area contributed by atoms with Crippen molar-refractivity contribution in [1.29, 1.82) is 5.26 Å². The van der Waals surface area contributed by atoms with Gasteiger partial charge in [-0.15, -0.1) is 0 Å². The molecule has 28 heavy (non-hydrogen) atoms. The number of aromatic nitrogens is 1. The lowest BCUT2D eigenvalue weighted by Gasteiger charge is -2.38. The van der Waals surface area contributed by atoms with Crippen LogP contribution in [0.2, 0.25) is 0 Å². The Bertz CT molecular complexity index is 903. The van der Waals surface area contributed by atoms with Gasteiger partial charge in [-0.2, -0.15) is 5.26 Å². The van der Waals surface area contributed by atoms with Gasteiger partial charge in [-0.3, -0.25) is 9.78 Å². The Balaban J connectivity index is 1.56. The van der Waals surface area contributed by atoms with Crippen molar-refractivity contribution in [2.24, 2.45) is 0 Å². The van der Waals surface area contributed by atoms with Crippen LogP contribution in [0.5, 0.6) is 0 Å². The summed E-state index contributed by atoms with van der Waals surface area (Å²) in [6.07, 6.45) is 3.01. The Morgan fingerprint density at radius 2 is 2.14 bits per heavy atom. The Kier molecular flexibility index (Phi) is 5.42. The molecule has 1 aromatic carbocycles. The van der Waals surface area contributed by atoms with Gasteiger partial charge in [0.05, 0.1) is 23.7 Å². The molecule has 2 aliphatic heterocycles. The summed E-state index contributed by atoms with van der Waals surface area (Å²) in [5, 5.41) is 16.8. The van der Waals surface area contributed by atoms with E-state index in [1.54, 1.807) is 12.3 Å². The predicted molar refractivity (Wildman–Crippen MR) is 107 cm³/mol. The third kappa shape index (κ3) is 3.79. The van der Waals surface area contributed by atoms with Gasteiger partial charge in [0.1, 0.15) is 6.07 Å². The van der Waals surface area contributed by atoms with Crippen LogP contribution in [0.1, 0.15) is 25.3 Å². The SMILES string of the molecule is CC1CN(c2ccc(C#N)c3ncccc23)CC(C(=O)NC2CCNCC2)O1. The molecule has 2 atom stereocenters. The number of nitrogens with zero attached hydrogens (tertiary/aromatic N) is 3. The molecule has 2 aliphatic rings. The van der Waals surface area contributed by atoms with Gasteiger partial charge in [-0.1, -0.05) is 0 Å². The summed E-state index contributed by atoms with van der Waals surface area (Å²) in [7, 11) is 0. The number of fused-ring (bicyclic) bond motifs is 1. The van der Waals surface area contributed by atoms with Gasteiger partial charge in [0.2, 0.25) is 0 Å². The van der Waals surface area contributed by atoms with E-state index < -0.39 is 6.10 Å². The maximum absolute atomic E-state index is 12.8. The molecule has 0 bridgehead atoms. The lowest BCUT2D eigenvalue weighted by Crippen LogP contribution is -2.55. The van der Waals surface area contributed by atoms with Gasteiger partial charge in [0, 0.05) is 29.9 Å². The zero-order valence-corrected chi connectivity index (χ0v) is 16.0. The molecule has 146 valence electrons. The number of morpholine rings is 1. The summed E-state index contributed by atoms with van der Waals surface area (Å²) in [5.74, 6) is -0.0421. The van der Waals surface area contributed by atoms with Gasteiger partial charge in [-0.05, 0) is 57.1 Å². The molecule has 4 rings (SSSR count). The van der Waals surface area contributed by atoms with Crippen LogP contribution in [-0.2, 0) is 9.53 Å². The first kappa shape index (κ1) is 18.7. The number of pyridine rings is 1. The Morgan fingerprint density at radius 3 is 2.93 bits per heavy atom. The van der Waals surface area contributed by atoms with E-state index in [2.05, 4.69) is 26.6 Å². The second kappa shape index (κ2) is 8.13. The molecule has 2 fully saturated rings. The number of benzene rings is 1. The number of carbonyl (C=O) groups is 1. The fourth-order valence-electron chi connectivity index (χ4n) is 4.08. The van der Waals surface area contributed by atoms with Crippen LogP contribution in [0, 0.1) is 11.3 Å². The summed E-state index contributed by atoms with van der Waals surface area (Å²) < 4.78 is 5.96. The Morgan fingerprint density at radius 1 is 1.32 bits per heavy atom. The van der Waals surface area contributed by atoms with E-state index in [0.717, 1.165) is 37.0 Å². The zero-order chi connectivity index (χ0) is 19.5. The molecular weight excluding hydrogens is 354 g/mol. The number of carbonyl (C=O) groups excluding carboxylic acids is 1. The number of nitriles is 1. The van der Waals surface area contributed by atoms with E-state index in [4.69, 9.17) is 4.74 Å². The van der Waals surface area contributed by atoms with Gasteiger partial charge in [-0.25, -0.2) is 0 Å². The highest BCUT2D eigenvalue weighted by molar-refractivity contribution is 5.95. The first-order valence-electron chi connectivity index (χ1n) is 9.85. The number of hydrogen-bond donors (Lipinski definition) is 2. The average molecular weight is 379 g/mol. The lowest BCUT2D eigenvalue weighted by molar-refractivity contribution is -0.138. The minimum atomic E-state index is -0.513. The van der Waals surface area contributed by atoms with Crippen LogP contribution < -0.4 is 15.5 Å². The van der Waals surface area contributed by atoms with Crippen molar-refractivity contribution in [3.05, 3.63) is 36.0 Å². The zero-order valence-electron chi connectivity index (χ0n) is 16.0. The molecule has 0 radical (unpaired) electrons. The topological polar surface area (TPSA) is 90.3 Å². The standard InChI is InChI=1S/C21H25N5O2/c1-14-12-26(13-19(28-14)21(27)25-16-6-9-23-10-7-16)18-5-4-15(11-22)20-17(18)3-2-8-24-20/h2-5,8,14,16,19,23H,6-7,9-10,12-13H2,1H3,(H,25,27). The van der Waals surface area contributed by atoms with Crippen LogP contribution in [0.4, 0.5) is 5.69 Å². The number of piperidine rings is 1. The Labute approximate surface area is 164 Å². The lowest BCUT2D eigenvalue weighted by atomic mass is 10.0. The van der Waals surface area contributed by atoms with E-state index in [-0.39, 0.29) is 18.1 Å². The molecule has 0 saturated carbocycles. The van der Waals surface area contributed by atoms with Crippen LogP contribution in [0.25, 0.3) is 10.9 Å². The number of amides is 1. The van der Waals surface area contributed by atoms with Crippen molar-refractivity contribution >= 4 is 22.5 Å². The molecule has 0 spiro atoms. The number of rotatable bonds is 3. The summed E-state index contributed by atoms with van der Waals surface area (Å²) in [4.78, 5) is 19.4. The fourth-order valence-corrected chi connectivity index (χ4v) is 4.08. The summed E-state index contributed by atoms with van der Waals surface area (Å²) in [5.41, 5.74) is 2.23. The van der Waals surface area contributed by atoms with Crippen LogP contribution in [0.15, 0.2) is 30.5 Å².